The largest absolute Gasteiger partial charge is 0.352 e. The highest BCUT2D eigenvalue weighted by atomic mass is 79.9. The van der Waals surface area contributed by atoms with Gasteiger partial charge in [0, 0.05) is 28.6 Å². The van der Waals surface area contributed by atoms with Crippen molar-refractivity contribution in [1.82, 2.24) is 14.9 Å². The Kier molecular flexibility index (Phi) is 5.34. The van der Waals surface area contributed by atoms with E-state index in [0.717, 1.165) is 28.0 Å². The van der Waals surface area contributed by atoms with Crippen LogP contribution in [0.3, 0.4) is 0 Å². The van der Waals surface area contributed by atoms with Gasteiger partial charge in [0.2, 0.25) is 0 Å². The second-order valence-corrected chi connectivity index (χ2v) is 6.78. The SMILES string of the molecule is Cc1cc(C(=O)NCCc2ccccc2Br)c(C)n1-c1cccnc1. The maximum absolute atomic E-state index is 12.6. The summed E-state index contributed by atoms with van der Waals surface area (Å²) in [7, 11) is 0. The van der Waals surface area contributed by atoms with E-state index < -0.39 is 0 Å². The first kappa shape index (κ1) is 17.4. The van der Waals surface area contributed by atoms with Gasteiger partial charge in [-0.1, -0.05) is 34.1 Å². The van der Waals surface area contributed by atoms with E-state index in [1.807, 2.05) is 50.2 Å². The fraction of sp³-hybridized carbons (Fsp3) is 0.200. The molecule has 2 heterocycles. The van der Waals surface area contributed by atoms with Crippen molar-refractivity contribution in [2.24, 2.45) is 0 Å². The molecule has 25 heavy (non-hydrogen) atoms. The fourth-order valence-electron chi connectivity index (χ4n) is 2.98. The molecule has 0 atom stereocenters. The van der Waals surface area contributed by atoms with Crippen LogP contribution in [0.5, 0.6) is 0 Å². The van der Waals surface area contributed by atoms with Crippen molar-refractivity contribution >= 4 is 21.8 Å². The quantitative estimate of drug-likeness (QED) is 0.700. The van der Waals surface area contributed by atoms with Crippen molar-refractivity contribution in [3.05, 3.63) is 81.8 Å². The van der Waals surface area contributed by atoms with E-state index in [-0.39, 0.29) is 5.91 Å². The monoisotopic (exact) mass is 397 g/mol. The number of benzene rings is 1. The molecule has 3 rings (SSSR count). The van der Waals surface area contributed by atoms with Gasteiger partial charge < -0.3 is 9.88 Å². The maximum atomic E-state index is 12.6. The Labute approximate surface area is 156 Å². The zero-order valence-corrected chi connectivity index (χ0v) is 15.9. The normalized spacial score (nSPS) is 10.7. The van der Waals surface area contributed by atoms with E-state index >= 15 is 0 Å². The molecule has 2 aromatic heterocycles. The van der Waals surface area contributed by atoms with Crippen LogP contribution in [0.15, 0.2) is 59.3 Å². The molecule has 1 amide bonds. The number of aromatic nitrogens is 2. The Morgan fingerprint density at radius 3 is 2.72 bits per heavy atom. The van der Waals surface area contributed by atoms with Gasteiger partial charge in [-0.2, -0.15) is 0 Å². The lowest BCUT2D eigenvalue weighted by Gasteiger charge is -2.10. The minimum Gasteiger partial charge on any atom is -0.352 e. The van der Waals surface area contributed by atoms with Gasteiger partial charge in [0.1, 0.15) is 0 Å². The molecule has 4 nitrogen and oxygen atoms in total. The molecule has 1 aromatic carbocycles. The van der Waals surface area contributed by atoms with E-state index in [1.165, 1.54) is 5.56 Å². The molecule has 0 aliphatic rings. The summed E-state index contributed by atoms with van der Waals surface area (Å²) in [6.07, 6.45) is 4.33. The standard InChI is InChI=1S/C20H20BrN3O/c1-14-12-18(15(2)24(14)17-7-5-10-22-13-17)20(25)23-11-9-16-6-3-4-8-19(16)21/h3-8,10,12-13H,9,11H2,1-2H3,(H,23,25). The maximum Gasteiger partial charge on any atom is 0.253 e. The zero-order chi connectivity index (χ0) is 17.8. The van der Waals surface area contributed by atoms with Crippen LogP contribution in [0.4, 0.5) is 0 Å². The Bertz CT molecular complexity index is 887. The molecule has 0 saturated carbocycles. The van der Waals surface area contributed by atoms with Crippen LogP contribution in [0.2, 0.25) is 0 Å². The topological polar surface area (TPSA) is 46.9 Å². The third-order valence-electron chi connectivity index (χ3n) is 4.22. The number of halogens is 1. The molecule has 0 aliphatic carbocycles. The average molecular weight is 398 g/mol. The van der Waals surface area contributed by atoms with Gasteiger partial charge in [0.15, 0.2) is 0 Å². The van der Waals surface area contributed by atoms with Crippen LogP contribution in [0, 0.1) is 13.8 Å². The van der Waals surface area contributed by atoms with Crippen molar-refractivity contribution in [3.63, 3.8) is 0 Å². The molecule has 0 spiro atoms. The van der Waals surface area contributed by atoms with E-state index in [1.54, 1.807) is 12.4 Å². The molecule has 0 fully saturated rings. The summed E-state index contributed by atoms with van der Waals surface area (Å²) in [6.45, 7) is 4.55. The van der Waals surface area contributed by atoms with Crippen LogP contribution in [0.1, 0.15) is 27.3 Å². The number of nitrogens with zero attached hydrogens (tertiary/aromatic N) is 2. The predicted molar refractivity (Wildman–Crippen MR) is 103 cm³/mol. The summed E-state index contributed by atoms with van der Waals surface area (Å²) in [6, 6.07) is 13.9. The Balaban J connectivity index is 1.72. The Morgan fingerprint density at radius 2 is 2.00 bits per heavy atom. The summed E-state index contributed by atoms with van der Waals surface area (Å²) >= 11 is 3.54. The first-order valence-electron chi connectivity index (χ1n) is 8.19. The van der Waals surface area contributed by atoms with Crippen LogP contribution in [-0.4, -0.2) is 22.0 Å². The minimum absolute atomic E-state index is 0.0460. The van der Waals surface area contributed by atoms with Crippen LogP contribution in [-0.2, 0) is 6.42 Å². The van der Waals surface area contributed by atoms with E-state index in [0.29, 0.717) is 12.1 Å². The number of nitrogens with one attached hydrogen (secondary N) is 1. The summed E-state index contributed by atoms with van der Waals surface area (Å²) in [4.78, 5) is 16.7. The Morgan fingerprint density at radius 1 is 1.20 bits per heavy atom. The zero-order valence-electron chi connectivity index (χ0n) is 14.3. The number of carbonyl (C=O) groups is 1. The van der Waals surface area contributed by atoms with Gasteiger partial charge in [0.05, 0.1) is 17.4 Å². The predicted octanol–water partition coefficient (Wildman–Crippen LogP) is 4.22. The number of rotatable bonds is 5. The third-order valence-corrected chi connectivity index (χ3v) is 4.99. The molecule has 0 saturated heterocycles. The molecule has 128 valence electrons. The third kappa shape index (κ3) is 3.82. The van der Waals surface area contributed by atoms with Crippen molar-refractivity contribution < 1.29 is 4.79 Å². The Hall–Kier alpha value is -2.40. The smallest absolute Gasteiger partial charge is 0.253 e. The van der Waals surface area contributed by atoms with Gasteiger partial charge in [-0.05, 0) is 50.1 Å². The molecular weight excluding hydrogens is 378 g/mol. The van der Waals surface area contributed by atoms with Gasteiger partial charge in [0.25, 0.3) is 5.91 Å². The second kappa shape index (κ2) is 7.66. The molecule has 3 aromatic rings. The van der Waals surface area contributed by atoms with E-state index in [4.69, 9.17) is 0 Å². The number of aryl methyl sites for hydroxylation is 1. The van der Waals surface area contributed by atoms with Gasteiger partial charge in [-0.25, -0.2) is 0 Å². The number of amides is 1. The first-order chi connectivity index (χ1) is 12.1. The lowest BCUT2D eigenvalue weighted by molar-refractivity contribution is 0.0953. The number of hydrogen-bond donors (Lipinski definition) is 1. The first-order valence-corrected chi connectivity index (χ1v) is 8.98. The number of hydrogen-bond acceptors (Lipinski definition) is 2. The van der Waals surface area contributed by atoms with E-state index in [9.17, 15) is 4.79 Å². The average Bonchev–Trinajstić information content (AvgIpc) is 2.92. The van der Waals surface area contributed by atoms with Crippen molar-refractivity contribution in [3.8, 4) is 5.69 Å². The minimum atomic E-state index is -0.0460. The molecule has 1 N–H and O–H groups in total. The summed E-state index contributed by atoms with van der Waals surface area (Å²) in [5, 5.41) is 3.02. The number of carbonyl (C=O) groups excluding carboxylic acids is 1. The van der Waals surface area contributed by atoms with Crippen molar-refractivity contribution in [2.75, 3.05) is 6.54 Å². The second-order valence-electron chi connectivity index (χ2n) is 5.93. The highest BCUT2D eigenvalue weighted by Crippen LogP contribution is 2.20. The lowest BCUT2D eigenvalue weighted by atomic mass is 10.1. The molecule has 0 bridgehead atoms. The molecule has 0 unspecified atom stereocenters. The van der Waals surface area contributed by atoms with Crippen molar-refractivity contribution in [2.45, 2.75) is 20.3 Å². The molecule has 0 radical (unpaired) electrons. The summed E-state index contributed by atoms with van der Waals surface area (Å²) in [5.74, 6) is -0.0460. The highest BCUT2D eigenvalue weighted by molar-refractivity contribution is 9.10. The summed E-state index contributed by atoms with van der Waals surface area (Å²) in [5.41, 5.74) is 4.78. The van der Waals surface area contributed by atoms with Crippen molar-refractivity contribution in [1.29, 1.82) is 0 Å². The molecular formula is C20H20BrN3O. The highest BCUT2D eigenvalue weighted by Gasteiger charge is 2.16. The molecule has 0 aliphatic heterocycles. The van der Waals surface area contributed by atoms with Gasteiger partial charge >= 0.3 is 0 Å². The van der Waals surface area contributed by atoms with Crippen LogP contribution < -0.4 is 5.32 Å². The number of pyridine rings is 1. The summed E-state index contributed by atoms with van der Waals surface area (Å²) < 4.78 is 3.12. The fourth-order valence-corrected chi connectivity index (χ4v) is 3.47. The van der Waals surface area contributed by atoms with Crippen LogP contribution >= 0.6 is 15.9 Å². The lowest BCUT2D eigenvalue weighted by Crippen LogP contribution is -2.26. The molecule has 5 heteroatoms. The van der Waals surface area contributed by atoms with E-state index in [2.05, 4.69) is 36.9 Å². The van der Waals surface area contributed by atoms with Gasteiger partial charge in [-0.15, -0.1) is 0 Å². The van der Waals surface area contributed by atoms with Crippen LogP contribution in [0.25, 0.3) is 5.69 Å². The van der Waals surface area contributed by atoms with Gasteiger partial charge in [-0.3, -0.25) is 9.78 Å².